The molecule has 1 N–H and O–H groups in total. The van der Waals surface area contributed by atoms with E-state index in [4.69, 9.17) is 0 Å². The minimum Gasteiger partial charge on any atom is -0.344 e. The molecule has 1 aliphatic carbocycles. The standard InChI is InChI=1S/C28H36FN3O2/c1-3-19(2)27(33)31-26(21-8-5-4-6-9-21)28(34)32-17-7-10-25(32)24-18-22(15-16-30-24)20-11-13-23(29)14-12-20/h11-16,18-19,21,25-26H,3-10,17H2,1-2H3,(H,31,33). The van der Waals surface area contributed by atoms with Gasteiger partial charge in [-0.2, -0.15) is 0 Å². The van der Waals surface area contributed by atoms with E-state index in [0.29, 0.717) is 6.54 Å². The molecule has 3 atom stereocenters. The van der Waals surface area contributed by atoms with Crippen molar-refractivity contribution in [3.05, 3.63) is 54.1 Å². The van der Waals surface area contributed by atoms with E-state index in [-0.39, 0.29) is 35.5 Å². The van der Waals surface area contributed by atoms with Crippen molar-refractivity contribution in [1.82, 2.24) is 15.2 Å². The summed E-state index contributed by atoms with van der Waals surface area (Å²) < 4.78 is 13.4. The summed E-state index contributed by atoms with van der Waals surface area (Å²) in [5.41, 5.74) is 2.73. The fourth-order valence-electron chi connectivity index (χ4n) is 5.30. The lowest BCUT2D eigenvalue weighted by Gasteiger charge is -2.35. The number of amides is 2. The highest BCUT2D eigenvalue weighted by Crippen LogP contribution is 2.35. The van der Waals surface area contributed by atoms with Crippen LogP contribution in [0.1, 0.15) is 76.9 Å². The van der Waals surface area contributed by atoms with E-state index in [1.54, 1.807) is 18.3 Å². The summed E-state index contributed by atoms with van der Waals surface area (Å²) in [5.74, 6) is -0.186. The van der Waals surface area contributed by atoms with Crippen LogP contribution in [0.2, 0.25) is 0 Å². The fourth-order valence-corrected chi connectivity index (χ4v) is 5.30. The van der Waals surface area contributed by atoms with E-state index in [1.807, 2.05) is 30.9 Å². The van der Waals surface area contributed by atoms with Crippen molar-refractivity contribution in [1.29, 1.82) is 0 Å². The Bertz CT molecular complexity index is 987. The Kier molecular flexibility index (Phi) is 7.96. The van der Waals surface area contributed by atoms with Crippen LogP contribution in [-0.4, -0.2) is 34.3 Å². The number of halogens is 1. The first-order chi connectivity index (χ1) is 16.5. The zero-order chi connectivity index (χ0) is 24.1. The van der Waals surface area contributed by atoms with Gasteiger partial charge in [-0.1, -0.05) is 45.2 Å². The fraction of sp³-hybridized carbons (Fsp3) is 0.536. The van der Waals surface area contributed by atoms with Crippen molar-refractivity contribution in [2.75, 3.05) is 6.54 Å². The lowest BCUT2D eigenvalue weighted by atomic mass is 9.83. The van der Waals surface area contributed by atoms with E-state index < -0.39 is 6.04 Å². The van der Waals surface area contributed by atoms with Crippen molar-refractivity contribution in [2.24, 2.45) is 11.8 Å². The molecule has 0 radical (unpaired) electrons. The summed E-state index contributed by atoms with van der Waals surface area (Å²) in [6.45, 7) is 4.59. The predicted octanol–water partition coefficient (Wildman–Crippen LogP) is 5.66. The van der Waals surface area contributed by atoms with Gasteiger partial charge >= 0.3 is 0 Å². The highest BCUT2D eigenvalue weighted by Gasteiger charge is 2.39. The molecule has 4 rings (SSSR count). The summed E-state index contributed by atoms with van der Waals surface area (Å²) in [6, 6.07) is 9.77. The molecule has 1 saturated carbocycles. The van der Waals surface area contributed by atoms with Gasteiger partial charge in [0.1, 0.15) is 11.9 Å². The van der Waals surface area contributed by atoms with Gasteiger partial charge in [-0.05, 0) is 73.4 Å². The second-order valence-electron chi connectivity index (χ2n) is 9.86. The molecular weight excluding hydrogens is 429 g/mol. The van der Waals surface area contributed by atoms with E-state index in [9.17, 15) is 14.0 Å². The van der Waals surface area contributed by atoms with Crippen molar-refractivity contribution in [2.45, 2.75) is 77.3 Å². The Morgan fingerprint density at radius 2 is 1.79 bits per heavy atom. The van der Waals surface area contributed by atoms with E-state index in [2.05, 4.69) is 10.3 Å². The number of benzene rings is 1. The first-order valence-corrected chi connectivity index (χ1v) is 12.8. The number of carbonyl (C=O) groups excluding carboxylic acids is 2. The van der Waals surface area contributed by atoms with Gasteiger partial charge in [-0.25, -0.2) is 4.39 Å². The number of aromatic nitrogens is 1. The number of carbonyl (C=O) groups is 2. The molecule has 2 aromatic rings. The molecule has 6 heteroatoms. The van der Waals surface area contributed by atoms with Gasteiger partial charge in [0.15, 0.2) is 0 Å². The Hall–Kier alpha value is -2.76. The molecule has 1 aliphatic heterocycles. The number of hydrogen-bond donors (Lipinski definition) is 1. The van der Waals surface area contributed by atoms with Gasteiger partial charge in [0.2, 0.25) is 11.8 Å². The number of nitrogens with one attached hydrogen (secondary N) is 1. The molecule has 5 nitrogen and oxygen atoms in total. The molecule has 2 heterocycles. The summed E-state index contributed by atoms with van der Waals surface area (Å²) in [4.78, 5) is 33.3. The van der Waals surface area contributed by atoms with Crippen LogP contribution in [0.3, 0.4) is 0 Å². The zero-order valence-electron chi connectivity index (χ0n) is 20.3. The van der Waals surface area contributed by atoms with Gasteiger partial charge < -0.3 is 10.2 Å². The van der Waals surface area contributed by atoms with Crippen LogP contribution in [0.25, 0.3) is 11.1 Å². The highest BCUT2D eigenvalue weighted by molar-refractivity contribution is 5.89. The van der Waals surface area contributed by atoms with Crippen LogP contribution in [0.5, 0.6) is 0 Å². The van der Waals surface area contributed by atoms with Crippen molar-refractivity contribution < 1.29 is 14.0 Å². The number of rotatable bonds is 7. The third-order valence-corrected chi connectivity index (χ3v) is 7.58. The Balaban J connectivity index is 1.57. The normalized spacial score (nSPS) is 20.7. The van der Waals surface area contributed by atoms with Crippen LogP contribution >= 0.6 is 0 Å². The second-order valence-corrected chi connectivity index (χ2v) is 9.86. The lowest BCUT2D eigenvalue weighted by Crippen LogP contribution is -2.53. The number of hydrogen-bond acceptors (Lipinski definition) is 3. The monoisotopic (exact) mass is 465 g/mol. The van der Waals surface area contributed by atoms with Gasteiger partial charge in [-0.15, -0.1) is 0 Å². The molecular formula is C28H36FN3O2. The average molecular weight is 466 g/mol. The highest BCUT2D eigenvalue weighted by atomic mass is 19.1. The lowest BCUT2D eigenvalue weighted by molar-refractivity contribution is -0.140. The quantitative estimate of drug-likeness (QED) is 0.574. The van der Waals surface area contributed by atoms with E-state index in [0.717, 1.165) is 61.8 Å². The van der Waals surface area contributed by atoms with Crippen LogP contribution < -0.4 is 5.32 Å². The van der Waals surface area contributed by atoms with Gasteiger partial charge in [0.05, 0.1) is 11.7 Å². The summed E-state index contributed by atoms with van der Waals surface area (Å²) in [7, 11) is 0. The first-order valence-electron chi connectivity index (χ1n) is 12.8. The van der Waals surface area contributed by atoms with Crippen LogP contribution in [-0.2, 0) is 9.59 Å². The van der Waals surface area contributed by atoms with Crippen LogP contribution in [0, 0.1) is 17.7 Å². The largest absolute Gasteiger partial charge is 0.344 e. The van der Waals surface area contributed by atoms with Gasteiger partial charge in [0, 0.05) is 18.7 Å². The third kappa shape index (κ3) is 5.48. The molecule has 1 aromatic heterocycles. The smallest absolute Gasteiger partial charge is 0.246 e. The van der Waals surface area contributed by atoms with Crippen molar-refractivity contribution in [3.63, 3.8) is 0 Å². The Morgan fingerprint density at radius 3 is 2.50 bits per heavy atom. The summed E-state index contributed by atoms with van der Waals surface area (Å²) in [6.07, 6.45) is 9.65. The van der Waals surface area contributed by atoms with Gasteiger partial charge in [-0.3, -0.25) is 14.6 Å². The zero-order valence-corrected chi connectivity index (χ0v) is 20.3. The molecule has 1 aromatic carbocycles. The molecule has 182 valence electrons. The Morgan fingerprint density at radius 1 is 1.06 bits per heavy atom. The SMILES string of the molecule is CCC(C)C(=O)NC(C(=O)N1CCCC1c1cc(-c2ccc(F)cc2)ccn1)C1CCCCC1. The van der Waals surface area contributed by atoms with E-state index >= 15 is 0 Å². The van der Waals surface area contributed by atoms with Crippen molar-refractivity contribution in [3.8, 4) is 11.1 Å². The van der Waals surface area contributed by atoms with E-state index in [1.165, 1.54) is 18.6 Å². The first kappa shape index (κ1) is 24.4. The Labute approximate surface area is 202 Å². The van der Waals surface area contributed by atoms with Gasteiger partial charge in [0.25, 0.3) is 0 Å². The molecule has 0 bridgehead atoms. The average Bonchev–Trinajstić information content (AvgIpc) is 3.37. The molecule has 34 heavy (non-hydrogen) atoms. The summed E-state index contributed by atoms with van der Waals surface area (Å²) >= 11 is 0. The second kappa shape index (κ2) is 11.1. The number of nitrogens with zero attached hydrogens (tertiary/aromatic N) is 2. The maximum atomic E-state index is 13.9. The minimum atomic E-state index is -0.470. The third-order valence-electron chi connectivity index (χ3n) is 7.58. The predicted molar refractivity (Wildman–Crippen MR) is 131 cm³/mol. The summed E-state index contributed by atoms with van der Waals surface area (Å²) in [5, 5.41) is 3.14. The molecule has 2 fully saturated rings. The van der Waals surface area contributed by atoms with Crippen LogP contribution in [0.15, 0.2) is 42.6 Å². The minimum absolute atomic E-state index is 0.0278. The maximum Gasteiger partial charge on any atom is 0.246 e. The number of pyridine rings is 1. The number of likely N-dealkylation sites (tertiary alicyclic amines) is 1. The maximum absolute atomic E-state index is 13.9. The molecule has 1 saturated heterocycles. The topological polar surface area (TPSA) is 62.3 Å². The van der Waals surface area contributed by atoms with Crippen molar-refractivity contribution >= 4 is 11.8 Å². The molecule has 0 spiro atoms. The molecule has 2 amide bonds. The van der Waals surface area contributed by atoms with Crippen LogP contribution in [0.4, 0.5) is 4.39 Å². The molecule has 2 aliphatic rings. The molecule has 3 unspecified atom stereocenters.